The summed E-state index contributed by atoms with van der Waals surface area (Å²) in [7, 11) is 0. The van der Waals surface area contributed by atoms with Crippen LogP contribution in [0.1, 0.15) is 36.3 Å². The fourth-order valence-corrected chi connectivity index (χ4v) is 3.34. The second-order valence-corrected chi connectivity index (χ2v) is 6.45. The van der Waals surface area contributed by atoms with Crippen molar-refractivity contribution in [2.75, 3.05) is 6.54 Å². The van der Waals surface area contributed by atoms with Gasteiger partial charge in [-0.3, -0.25) is 9.59 Å². The Bertz CT molecular complexity index is 754. The SMILES string of the molecule is O=C(O)C(CNC(=O)C1(c2ccccc2)CCC1)c1ccc(F)cc1. The van der Waals surface area contributed by atoms with E-state index in [4.69, 9.17) is 0 Å². The number of amides is 1. The number of benzene rings is 2. The monoisotopic (exact) mass is 341 g/mol. The Morgan fingerprint density at radius 3 is 2.24 bits per heavy atom. The maximum atomic E-state index is 13.0. The molecule has 130 valence electrons. The first-order chi connectivity index (χ1) is 12.0. The largest absolute Gasteiger partial charge is 0.481 e. The van der Waals surface area contributed by atoms with Crippen molar-refractivity contribution in [1.82, 2.24) is 5.32 Å². The molecule has 2 N–H and O–H groups in total. The standard InChI is InChI=1S/C20H20FNO3/c21-16-9-7-14(8-10-16)17(18(23)24)13-22-19(25)20(11-4-12-20)15-5-2-1-3-6-15/h1-3,5-10,17H,4,11-13H2,(H,22,25)(H,23,24). The molecule has 0 aromatic heterocycles. The van der Waals surface area contributed by atoms with Crippen molar-refractivity contribution in [2.45, 2.75) is 30.6 Å². The fraction of sp³-hybridized carbons (Fsp3) is 0.300. The third-order valence-electron chi connectivity index (χ3n) is 5.01. The smallest absolute Gasteiger partial charge is 0.312 e. The van der Waals surface area contributed by atoms with Crippen LogP contribution in [0.25, 0.3) is 0 Å². The zero-order chi connectivity index (χ0) is 17.9. The molecular formula is C20H20FNO3. The molecule has 1 unspecified atom stereocenters. The van der Waals surface area contributed by atoms with E-state index in [1.807, 2.05) is 30.3 Å². The Balaban J connectivity index is 1.73. The predicted molar refractivity (Wildman–Crippen MR) is 91.8 cm³/mol. The van der Waals surface area contributed by atoms with Crippen LogP contribution in [0.2, 0.25) is 0 Å². The lowest BCUT2D eigenvalue weighted by Crippen LogP contribution is -2.50. The Labute approximate surface area is 145 Å². The van der Waals surface area contributed by atoms with Gasteiger partial charge in [-0.15, -0.1) is 0 Å². The van der Waals surface area contributed by atoms with Gasteiger partial charge < -0.3 is 10.4 Å². The third kappa shape index (κ3) is 3.40. The molecule has 1 aliphatic carbocycles. The summed E-state index contributed by atoms with van der Waals surface area (Å²) >= 11 is 0. The molecule has 1 atom stereocenters. The van der Waals surface area contributed by atoms with E-state index in [1.165, 1.54) is 24.3 Å². The van der Waals surface area contributed by atoms with Gasteiger partial charge in [-0.05, 0) is 36.1 Å². The van der Waals surface area contributed by atoms with Gasteiger partial charge in [0.15, 0.2) is 0 Å². The molecule has 1 aliphatic rings. The van der Waals surface area contributed by atoms with Gasteiger partial charge in [0.25, 0.3) is 0 Å². The summed E-state index contributed by atoms with van der Waals surface area (Å²) in [6, 6.07) is 14.9. The van der Waals surface area contributed by atoms with Gasteiger partial charge in [-0.1, -0.05) is 48.9 Å². The second kappa shape index (κ2) is 7.05. The molecule has 0 bridgehead atoms. The van der Waals surface area contributed by atoms with Gasteiger partial charge in [0, 0.05) is 6.54 Å². The van der Waals surface area contributed by atoms with E-state index in [0.29, 0.717) is 5.56 Å². The number of halogens is 1. The molecule has 1 amide bonds. The number of hydrogen-bond donors (Lipinski definition) is 2. The summed E-state index contributed by atoms with van der Waals surface area (Å²) in [5.41, 5.74) is 0.872. The van der Waals surface area contributed by atoms with Crippen molar-refractivity contribution in [3.8, 4) is 0 Å². The maximum Gasteiger partial charge on any atom is 0.312 e. The van der Waals surface area contributed by atoms with Crippen LogP contribution in [-0.4, -0.2) is 23.5 Å². The lowest BCUT2D eigenvalue weighted by atomic mass is 9.64. The van der Waals surface area contributed by atoms with Gasteiger partial charge in [-0.2, -0.15) is 0 Å². The van der Waals surface area contributed by atoms with Gasteiger partial charge in [0.05, 0.1) is 11.3 Å². The highest BCUT2D eigenvalue weighted by Crippen LogP contribution is 2.43. The first kappa shape index (κ1) is 17.1. The summed E-state index contributed by atoms with van der Waals surface area (Å²) in [4.78, 5) is 24.4. The van der Waals surface area contributed by atoms with E-state index in [0.717, 1.165) is 24.8 Å². The summed E-state index contributed by atoms with van der Waals surface area (Å²) < 4.78 is 13.0. The highest BCUT2D eigenvalue weighted by molar-refractivity contribution is 5.90. The van der Waals surface area contributed by atoms with Crippen LogP contribution in [0.4, 0.5) is 4.39 Å². The predicted octanol–water partition coefficient (Wildman–Crippen LogP) is 3.23. The van der Waals surface area contributed by atoms with Crippen LogP contribution in [0.5, 0.6) is 0 Å². The Hall–Kier alpha value is -2.69. The van der Waals surface area contributed by atoms with Crippen molar-refractivity contribution < 1.29 is 19.1 Å². The van der Waals surface area contributed by atoms with Crippen LogP contribution >= 0.6 is 0 Å². The van der Waals surface area contributed by atoms with Crippen molar-refractivity contribution in [3.05, 3.63) is 71.5 Å². The average Bonchev–Trinajstić information content (AvgIpc) is 2.56. The minimum absolute atomic E-state index is 0.0195. The van der Waals surface area contributed by atoms with E-state index in [9.17, 15) is 19.1 Å². The molecule has 1 saturated carbocycles. The van der Waals surface area contributed by atoms with Crippen LogP contribution in [0.3, 0.4) is 0 Å². The molecule has 2 aromatic carbocycles. The van der Waals surface area contributed by atoms with Gasteiger partial charge in [0.2, 0.25) is 5.91 Å². The van der Waals surface area contributed by atoms with Gasteiger partial charge >= 0.3 is 5.97 Å². The first-order valence-electron chi connectivity index (χ1n) is 8.35. The molecule has 0 spiro atoms. The number of carboxylic acid groups (broad SMARTS) is 1. The number of carboxylic acids is 1. The molecule has 0 radical (unpaired) electrons. The summed E-state index contributed by atoms with van der Waals surface area (Å²) in [6.07, 6.45) is 2.50. The third-order valence-corrected chi connectivity index (χ3v) is 5.01. The van der Waals surface area contributed by atoms with Crippen LogP contribution in [0, 0.1) is 5.82 Å². The molecular weight excluding hydrogens is 321 g/mol. The number of hydrogen-bond acceptors (Lipinski definition) is 2. The normalized spacial score (nSPS) is 16.5. The van der Waals surface area contributed by atoms with E-state index in [-0.39, 0.29) is 12.5 Å². The molecule has 4 nitrogen and oxygen atoms in total. The van der Waals surface area contributed by atoms with E-state index >= 15 is 0 Å². The van der Waals surface area contributed by atoms with Gasteiger partial charge in [0.1, 0.15) is 5.82 Å². The van der Waals surface area contributed by atoms with Crippen molar-refractivity contribution in [2.24, 2.45) is 0 Å². The average molecular weight is 341 g/mol. The first-order valence-corrected chi connectivity index (χ1v) is 8.35. The quantitative estimate of drug-likeness (QED) is 0.848. The van der Waals surface area contributed by atoms with Crippen molar-refractivity contribution >= 4 is 11.9 Å². The molecule has 3 rings (SSSR count). The minimum Gasteiger partial charge on any atom is -0.481 e. The zero-order valence-electron chi connectivity index (χ0n) is 13.7. The summed E-state index contributed by atoms with van der Waals surface area (Å²) in [6.45, 7) is -0.0195. The molecule has 5 heteroatoms. The van der Waals surface area contributed by atoms with E-state index in [2.05, 4.69) is 5.32 Å². The number of carbonyl (C=O) groups is 2. The van der Waals surface area contributed by atoms with E-state index in [1.54, 1.807) is 0 Å². The molecule has 0 aliphatic heterocycles. The van der Waals surface area contributed by atoms with Crippen molar-refractivity contribution in [3.63, 3.8) is 0 Å². The molecule has 1 fully saturated rings. The Morgan fingerprint density at radius 2 is 1.72 bits per heavy atom. The zero-order valence-corrected chi connectivity index (χ0v) is 13.7. The Kier molecular flexibility index (Phi) is 4.83. The number of carbonyl (C=O) groups excluding carboxylic acids is 1. The van der Waals surface area contributed by atoms with Gasteiger partial charge in [-0.25, -0.2) is 4.39 Å². The van der Waals surface area contributed by atoms with Crippen LogP contribution < -0.4 is 5.32 Å². The molecule has 0 saturated heterocycles. The summed E-state index contributed by atoms with van der Waals surface area (Å²) in [5.74, 6) is -2.51. The lowest BCUT2D eigenvalue weighted by Gasteiger charge is -2.41. The second-order valence-electron chi connectivity index (χ2n) is 6.45. The Morgan fingerprint density at radius 1 is 1.08 bits per heavy atom. The number of rotatable bonds is 6. The van der Waals surface area contributed by atoms with Crippen LogP contribution in [-0.2, 0) is 15.0 Å². The number of nitrogens with one attached hydrogen (secondary N) is 1. The highest BCUT2D eigenvalue weighted by Gasteiger charge is 2.45. The highest BCUT2D eigenvalue weighted by atomic mass is 19.1. The number of aliphatic carboxylic acids is 1. The maximum absolute atomic E-state index is 13.0. The summed E-state index contributed by atoms with van der Waals surface area (Å²) in [5, 5.41) is 12.3. The lowest BCUT2D eigenvalue weighted by molar-refractivity contribution is -0.139. The molecule has 2 aromatic rings. The fourth-order valence-electron chi connectivity index (χ4n) is 3.34. The van der Waals surface area contributed by atoms with Crippen molar-refractivity contribution in [1.29, 1.82) is 0 Å². The molecule has 25 heavy (non-hydrogen) atoms. The van der Waals surface area contributed by atoms with E-state index < -0.39 is 23.1 Å². The molecule has 0 heterocycles. The van der Waals surface area contributed by atoms with Crippen LogP contribution in [0.15, 0.2) is 54.6 Å². The topological polar surface area (TPSA) is 66.4 Å². The minimum atomic E-state index is -1.05.